The molecule has 0 aromatic heterocycles. The van der Waals surface area contributed by atoms with E-state index >= 15 is 0 Å². The number of fused-ring (bicyclic) bond motifs is 1. The molecule has 12 heteroatoms. The van der Waals surface area contributed by atoms with Gasteiger partial charge in [-0.3, -0.25) is 9.59 Å². The SMILES string of the molecule is CC[C@@]1(N(C)C(=O)C(F)(F)F)C(=O)N2[C@@H](C(=O)OCc3ccccc3)C(C)(C)S(=O)(=O)[C@@H]21. The summed E-state index contributed by atoms with van der Waals surface area (Å²) in [6, 6.07) is 6.98. The maximum Gasteiger partial charge on any atom is 0.471 e. The van der Waals surface area contributed by atoms with Crippen LogP contribution in [0.1, 0.15) is 32.8 Å². The van der Waals surface area contributed by atoms with Crippen molar-refractivity contribution in [3.63, 3.8) is 0 Å². The van der Waals surface area contributed by atoms with E-state index < -0.39 is 55.5 Å². The number of carbonyl (C=O) groups is 3. The van der Waals surface area contributed by atoms with E-state index in [1.54, 1.807) is 30.3 Å². The minimum atomic E-state index is -5.30. The molecule has 2 amide bonds. The number of benzene rings is 1. The average molecular weight is 476 g/mol. The number of nitrogens with zero attached hydrogens (tertiary/aromatic N) is 2. The lowest BCUT2D eigenvalue weighted by Crippen LogP contribution is -2.81. The van der Waals surface area contributed by atoms with Gasteiger partial charge >= 0.3 is 18.1 Å². The summed E-state index contributed by atoms with van der Waals surface area (Å²) in [6.07, 6.45) is -5.68. The van der Waals surface area contributed by atoms with Gasteiger partial charge < -0.3 is 14.5 Å². The highest BCUT2D eigenvalue weighted by atomic mass is 32.2. The van der Waals surface area contributed by atoms with Gasteiger partial charge in [-0.1, -0.05) is 37.3 Å². The quantitative estimate of drug-likeness (QED) is 0.473. The lowest BCUT2D eigenvalue weighted by atomic mass is 9.81. The first-order valence-corrected chi connectivity index (χ1v) is 11.3. The molecule has 2 fully saturated rings. The zero-order valence-electron chi connectivity index (χ0n) is 17.8. The number of hydrogen-bond acceptors (Lipinski definition) is 6. The van der Waals surface area contributed by atoms with E-state index in [0.29, 0.717) is 5.56 Å². The number of β-lactam (4-membered cyclic amide) rings is 1. The predicted octanol–water partition coefficient (Wildman–Crippen LogP) is 1.64. The molecule has 1 aromatic carbocycles. The third kappa shape index (κ3) is 3.10. The number of rotatable bonds is 5. The van der Waals surface area contributed by atoms with Crippen molar-refractivity contribution in [2.45, 2.75) is 61.7 Å². The fourth-order valence-electron chi connectivity index (χ4n) is 4.49. The number of amides is 2. The molecule has 176 valence electrons. The standard InChI is InChI=1S/C20H23F3N2O6S/c1-5-19(24(4)16(28)20(21,22)23)15(27)25-13(18(2,3)32(29,30)17(19)25)14(26)31-11-12-9-7-6-8-10-12/h6-10,13,17H,5,11H2,1-4H3/t13-,17+,19+/m0/s1. The van der Waals surface area contributed by atoms with Gasteiger partial charge in [-0.15, -0.1) is 0 Å². The van der Waals surface area contributed by atoms with Crippen molar-refractivity contribution in [1.29, 1.82) is 0 Å². The van der Waals surface area contributed by atoms with Crippen LogP contribution >= 0.6 is 0 Å². The summed E-state index contributed by atoms with van der Waals surface area (Å²) in [5, 5.41) is -1.80. The maximum atomic E-state index is 13.3. The summed E-state index contributed by atoms with van der Waals surface area (Å²) in [4.78, 5) is 38.8. The Morgan fingerprint density at radius 2 is 1.75 bits per heavy atom. The van der Waals surface area contributed by atoms with E-state index in [-0.39, 0.29) is 17.9 Å². The Morgan fingerprint density at radius 1 is 1.19 bits per heavy atom. The Balaban J connectivity index is 1.98. The van der Waals surface area contributed by atoms with Crippen molar-refractivity contribution in [2.24, 2.45) is 0 Å². The zero-order chi connectivity index (χ0) is 24.3. The Morgan fingerprint density at radius 3 is 2.25 bits per heavy atom. The van der Waals surface area contributed by atoms with Crippen molar-refractivity contribution in [1.82, 2.24) is 9.80 Å². The first-order valence-electron chi connectivity index (χ1n) is 9.77. The molecule has 1 aromatic rings. The van der Waals surface area contributed by atoms with Crippen LogP contribution in [0.15, 0.2) is 30.3 Å². The molecule has 2 saturated heterocycles. The summed E-state index contributed by atoms with van der Waals surface area (Å²) in [6.45, 7) is 3.58. The summed E-state index contributed by atoms with van der Waals surface area (Å²) >= 11 is 0. The zero-order valence-corrected chi connectivity index (χ0v) is 18.7. The van der Waals surface area contributed by atoms with Gasteiger partial charge in [0.15, 0.2) is 20.8 Å². The van der Waals surface area contributed by atoms with Crippen LogP contribution in [0.4, 0.5) is 13.2 Å². The van der Waals surface area contributed by atoms with Gasteiger partial charge in [0.2, 0.25) is 0 Å². The average Bonchev–Trinajstić information content (AvgIpc) is 2.87. The van der Waals surface area contributed by atoms with Gasteiger partial charge in [-0.2, -0.15) is 13.2 Å². The highest BCUT2D eigenvalue weighted by Gasteiger charge is 2.80. The van der Waals surface area contributed by atoms with E-state index in [1.807, 2.05) is 0 Å². The molecule has 2 heterocycles. The molecule has 8 nitrogen and oxygen atoms in total. The van der Waals surface area contributed by atoms with Crippen LogP contribution in [-0.4, -0.2) is 70.9 Å². The number of esters is 1. The van der Waals surface area contributed by atoms with E-state index in [2.05, 4.69) is 0 Å². The molecule has 32 heavy (non-hydrogen) atoms. The molecular formula is C20H23F3N2O6S. The summed E-state index contributed by atoms with van der Waals surface area (Å²) in [5.41, 5.74) is -1.64. The molecule has 0 radical (unpaired) electrons. The third-order valence-corrected chi connectivity index (χ3v) is 9.26. The van der Waals surface area contributed by atoms with E-state index in [0.717, 1.165) is 11.9 Å². The van der Waals surface area contributed by atoms with Crippen molar-refractivity contribution >= 4 is 27.6 Å². The number of hydrogen-bond donors (Lipinski definition) is 0. The molecule has 2 aliphatic rings. The molecule has 0 N–H and O–H groups in total. The van der Waals surface area contributed by atoms with Crippen LogP contribution in [0.2, 0.25) is 0 Å². The molecule has 0 saturated carbocycles. The summed E-state index contributed by atoms with van der Waals surface area (Å²) in [7, 11) is -3.63. The van der Waals surface area contributed by atoms with Gasteiger partial charge in [-0.05, 0) is 25.8 Å². The molecule has 3 rings (SSSR count). The molecule has 2 aliphatic heterocycles. The van der Waals surface area contributed by atoms with Gasteiger partial charge in [-0.25, -0.2) is 13.2 Å². The second-order valence-electron chi connectivity index (χ2n) is 8.35. The number of alkyl halides is 3. The molecule has 0 unspecified atom stereocenters. The van der Waals surface area contributed by atoms with Gasteiger partial charge in [0.25, 0.3) is 5.91 Å². The molecule has 0 bridgehead atoms. The predicted molar refractivity (Wildman–Crippen MR) is 106 cm³/mol. The summed E-state index contributed by atoms with van der Waals surface area (Å²) in [5.74, 6) is -4.37. The van der Waals surface area contributed by atoms with Crippen LogP contribution in [0.3, 0.4) is 0 Å². The van der Waals surface area contributed by atoms with Gasteiger partial charge in [0, 0.05) is 7.05 Å². The fraction of sp³-hybridized carbons (Fsp3) is 0.550. The van der Waals surface area contributed by atoms with E-state index in [1.165, 1.54) is 20.8 Å². The van der Waals surface area contributed by atoms with Crippen LogP contribution < -0.4 is 0 Å². The van der Waals surface area contributed by atoms with Crippen molar-refractivity contribution in [3.05, 3.63) is 35.9 Å². The van der Waals surface area contributed by atoms with E-state index in [4.69, 9.17) is 4.74 Å². The first kappa shape index (κ1) is 24.0. The number of sulfone groups is 1. The van der Waals surface area contributed by atoms with Gasteiger partial charge in [0.1, 0.15) is 17.4 Å². The van der Waals surface area contributed by atoms with E-state index in [9.17, 15) is 36.0 Å². The number of ether oxygens (including phenoxy) is 1. The largest absolute Gasteiger partial charge is 0.471 e. The third-order valence-electron chi connectivity index (χ3n) is 6.36. The Hall–Kier alpha value is -2.63. The lowest BCUT2D eigenvalue weighted by molar-refractivity contribution is -0.203. The Bertz CT molecular complexity index is 1060. The Labute approximate surface area is 183 Å². The normalized spacial score (nSPS) is 28.0. The van der Waals surface area contributed by atoms with Crippen molar-refractivity contribution in [2.75, 3.05) is 7.05 Å². The van der Waals surface area contributed by atoms with Crippen LogP contribution in [0.25, 0.3) is 0 Å². The first-order chi connectivity index (χ1) is 14.7. The number of carbonyl (C=O) groups excluding carboxylic acids is 3. The van der Waals surface area contributed by atoms with Crippen molar-refractivity contribution in [3.8, 4) is 0 Å². The maximum absolute atomic E-state index is 13.3. The monoisotopic (exact) mass is 476 g/mol. The molecule has 3 atom stereocenters. The van der Waals surface area contributed by atoms with Crippen LogP contribution in [0, 0.1) is 0 Å². The highest BCUT2D eigenvalue weighted by molar-refractivity contribution is 7.94. The molecule has 0 aliphatic carbocycles. The minimum absolute atomic E-state index is 0.141. The number of likely N-dealkylation sites (N-methyl/N-ethyl adjacent to an activating group) is 1. The van der Waals surface area contributed by atoms with Gasteiger partial charge in [0.05, 0.1) is 0 Å². The second-order valence-corrected chi connectivity index (χ2v) is 10.9. The van der Waals surface area contributed by atoms with Crippen LogP contribution in [0.5, 0.6) is 0 Å². The minimum Gasteiger partial charge on any atom is -0.459 e. The molecular weight excluding hydrogens is 453 g/mol. The highest BCUT2D eigenvalue weighted by Crippen LogP contribution is 2.54. The second kappa shape index (κ2) is 7.46. The number of halogens is 3. The fourth-order valence-corrected chi connectivity index (χ4v) is 7.04. The topological polar surface area (TPSA) is 101 Å². The summed E-state index contributed by atoms with van der Waals surface area (Å²) < 4.78 is 69.3. The smallest absolute Gasteiger partial charge is 0.459 e. The molecule has 0 spiro atoms. The Kier molecular flexibility index (Phi) is 5.60. The lowest BCUT2D eigenvalue weighted by Gasteiger charge is -2.55. The van der Waals surface area contributed by atoms with Crippen LogP contribution in [-0.2, 0) is 35.6 Å². The van der Waals surface area contributed by atoms with Crippen molar-refractivity contribution < 1.29 is 40.7 Å².